The summed E-state index contributed by atoms with van der Waals surface area (Å²) in [6.07, 6.45) is -2.10. The van der Waals surface area contributed by atoms with E-state index in [9.17, 15) is 13.6 Å². The summed E-state index contributed by atoms with van der Waals surface area (Å²) < 4.78 is 25.0. The van der Waals surface area contributed by atoms with Gasteiger partial charge in [-0.05, 0) is 18.6 Å². The summed E-state index contributed by atoms with van der Waals surface area (Å²) in [5.74, 6) is -0.0517. The number of alkyl halides is 3. The summed E-state index contributed by atoms with van der Waals surface area (Å²) in [6.45, 7) is 1.44. The van der Waals surface area contributed by atoms with Crippen LogP contribution in [0.5, 0.6) is 0 Å². The molecule has 0 aliphatic rings. The third-order valence-corrected chi connectivity index (χ3v) is 2.13. The molecule has 76 valence electrons. The molecule has 0 N–H and O–H groups in total. The van der Waals surface area contributed by atoms with Crippen LogP contribution >= 0.6 is 11.6 Å². The molecule has 14 heavy (non-hydrogen) atoms. The van der Waals surface area contributed by atoms with E-state index in [2.05, 4.69) is 4.98 Å². The standard InChI is InChI=1S/C9H8ClF2NO/c1-5-8(9(11)12)6(3-10)2-7(4-14)13-5/h2,4,9H,3H2,1H3. The van der Waals surface area contributed by atoms with Gasteiger partial charge in [0.1, 0.15) is 5.69 Å². The first-order valence-corrected chi connectivity index (χ1v) is 4.43. The van der Waals surface area contributed by atoms with Gasteiger partial charge in [-0.25, -0.2) is 13.8 Å². The minimum Gasteiger partial charge on any atom is -0.296 e. The molecular formula is C9H8ClF2NO. The summed E-state index contributed by atoms with van der Waals surface area (Å²) >= 11 is 5.50. The minimum atomic E-state index is -2.61. The maximum atomic E-state index is 12.5. The number of pyridine rings is 1. The molecule has 0 saturated carbocycles. The van der Waals surface area contributed by atoms with Crippen molar-refractivity contribution in [1.29, 1.82) is 0 Å². The highest BCUT2D eigenvalue weighted by molar-refractivity contribution is 6.17. The van der Waals surface area contributed by atoms with Gasteiger partial charge in [0.2, 0.25) is 0 Å². The maximum Gasteiger partial charge on any atom is 0.265 e. The fraction of sp³-hybridized carbons (Fsp3) is 0.333. The number of hydrogen-bond donors (Lipinski definition) is 0. The van der Waals surface area contributed by atoms with Crippen molar-refractivity contribution in [3.63, 3.8) is 0 Å². The molecule has 1 heterocycles. The zero-order valence-corrected chi connectivity index (χ0v) is 8.18. The molecular weight excluding hydrogens is 212 g/mol. The second kappa shape index (κ2) is 4.46. The van der Waals surface area contributed by atoms with Gasteiger partial charge >= 0.3 is 0 Å². The monoisotopic (exact) mass is 219 g/mol. The van der Waals surface area contributed by atoms with Gasteiger partial charge in [-0.3, -0.25) is 4.79 Å². The van der Waals surface area contributed by atoms with E-state index in [0.717, 1.165) is 0 Å². The molecule has 1 aromatic rings. The predicted molar refractivity (Wildman–Crippen MR) is 48.9 cm³/mol. The Labute approximate surface area is 84.9 Å². The largest absolute Gasteiger partial charge is 0.296 e. The fourth-order valence-corrected chi connectivity index (χ4v) is 1.46. The molecule has 0 radical (unpaired) electrons. The molecule has 0 unspecified atom stereocenters. The van der Waals surface area contributed by atoms with E-state index in [4.69, 9.17) is 11.6 Å². The van der Waals surface area contributed by atoms with Crippen LogP contribution in [0.4, 0.5) is 8.78 Å². The molecule has 0 aromatic carbocycles. The van der Waals surface area contributed by atoms with Gasteiger partial charge in [-0.2, -0.15) is 0 Å². The second-order valence-electron chi connectivity index (χ2n) is 2.76. The quantitative estimate of drug-likeness (QED) is 0.578. The number of rotatable bonds is 3. The van der Waals surface area contributed by atoms with Gasteiger partial charge in [0.15, 0.2) is 6.29 Å². The molecule has 2 nitrogen and oxygen atoms in total. The van der Waals surface area contributed by atoms with Crippen LogP contribution in [0, 0.1) is 6.92 Å². The molecule has 0 fully saturated rings. The fourth-order valence-electron chi connectivity index (χ4n) is 1.24. The molecule has 0 spiro atoms. The smallest absolute Gasteiger partial charge is 0.265 e. The Bertz CT molecular complexity index is 355. The predicted octanol–water partition coefficient (Wildman–Crippen LogP) is 2.88. The number of aryl methyl sites for hydroxylation is 1. The van der Waals surface area contributed by atoms with Crippen LogP contribution in [-0.4, -0.2) is 11.3 Å². The third kappa shape index (κ3) is 2.07. The Kier molecular flexibility index (Phi) is 3.52. The third-order valence-electron chi connectivity index (χ3n) is 1.84. The number of aldehydes is 1. The molecule has 0 atom stereocenters. The average Bonchev–Trinajstić information content (AvgIpc) is 2.15. The Balaban J connectivity index is 3.34. The lowest BCUT2D eigenvalue weighted by atomic mass is 10.1. The van der Waals surface area contributed by atoms with Gasteiger partial charge in [0.25, 0.3) is 6.43 Å². The number of carbonyl (C=O) groups is 1. The highest BCUT2D eigenvalue weighted by atomic mass is 35.5. The van der Waals surface area contributed by atoms with Crippen LogP contribution in [0.1, 0.15) is 33.7 Å². The van der Waals surface area contributed by atoms with Crippen molar-refractivity contribution in [3.05, 3.63) is 28.6 Å². The zero-order chi connectivity index (χ0) is 10.7. The van der Waals surface area contributed by atoms with Crippen LogP contribution in [-0.2, 0) is 5.88 Å². The number of aromatic nitrogens is 1. The Morgan fingerprint density at radius 3 is 2.71 bits per heavy atom. The summed E-state index contributed by atoms with van der Waals surface area (Å²) in [5, 5.41) is 0. The van der Waals surface area contributed by atoms with Crippen molar-refractivity contribution in [2.24, 2.45) is 0 Å². The summed E-state index contributed by atoms with van der Waals surface area (Å²) in [6, 6.07) is 1.29. The van der Waals surface area contributed by atoms with Crippen molar-refractivity contribution in [3.8, 4) is 0 Å². The van der Waals surface area contributed by atoms with Crippen LogP contribution in [0.25, 0.3) is 0 Å². The van der Waals surface area contributed by atoms with Gasteiger partial charge in [0, 0.05) is 17.1 Å². The van der Waals surface area contributed by atoms with Crippen LogP contribution in [0.15, 0.2) is 6.07 Å². The first-order chi connectivity index (χ1) is 6.60. The van der Waals surface area contributed by atoms with E-state index in [0.29, 0.717) is 6.29 Å². The number of hydrogen-bond acceptors (Lipinski definition) is 2. The molecule has 1 rings (SSSR count). The van der Waals surface area contributed by atoms with Gasteiger partial charge in [0.05, 0.1) is 0 Å². The highest BCUT2D eigenvalue weighted by Crippen LogP contribution is 2.26. The van der Waals surface area contributed by atoms with E-state index < -0.39 is 6.43 Å². The summed E-state index contributed by atoms with van der Waals surface area (Å²) in [4.78, 5) is 14.1. The van der Waals surface area contributed by atoms with Gasteiger partial charge < -0.3 is 0 Å². The Morgan fingerprint density at radius 2 is 2.29 bits per heavy atom. The van der Waals surface area contributed by atoms with Crippen molar-refractivity contribution >= 4 is 17.9 Å². The van der Waals surface area contributed by atoms with E-state index in [-0.39, 0.29) is 28.4 Å². The van der Waals surface area contributed by atoms with Crippen LogP contribution in [0.3, 0.4) is 0 Å². The van der Waals surface area contributed by atoms with E-state index >= 15 is 0 Å². The Morgan fingerprint density at radius 1 is 1.64 bits per heavy atom. The Hall–Kier alpha value is -1.03. The molecule has 0 aliphatic carbocycles. The molecule has 0 amide bonds. The molecule has 0 aliphatic heterocycles. The molecule has 1 aromatic heterocycles. The lowest BCUT2D eigenvalue weighted by molar-refractivity contribution is 0.111. The topological polar surface area (TPSA) is 30.0 Å². The van der Waals surface area contributed by atoms with E-state index in [1.54, 1.807) is 0 Å². The second-order valence-corrected chi connectivity index (χ2v) is 3.02. The van der Waals surface area contributed by atoms with Crippen molar-refractivity contribution < 1.29 is 13.6 Å². The van der Waals surface area contributed by atoms with Crippen molar-refractivity contribution in [1.82, 2.24) is 4.98 Å². The summed E-state index contributed by atoms with van der Waals surface area (Å²) in [5.41, 5.74) is 0.365. The van der Waals surface area contributed by atoms with E-state index in [1.807, 2.05) is 0 Å². The number of nitrogens with zero attached hydrogens (tertiary/aromatic N) is 1. The molecule has 5 heteroatoms. The normalized spacial score (nSPS) is 10.6. The minimum absolute atomic E-state index is 0.0517. The highest BCUT2D eigenvalue weighted by Gasteiger charge is 2.17. The number of carbonyl (C=O) groups excluding carboxylic acids is 1. The number of halogens is 3. The first kappa shape index (κ1) is 11.0. The molecule has 0 bridgehead atoms. The lowest BCUT2D eigenvalue weighted by Crippen LogP contribution is -2.02. The maximum absolute atomic E-state index is 12.5. The first-order valence-electron chi connectivity index (χ1n) is 3.89. The van der Waals surface area contributed by atoms with Gasteiger partial charge in [-0.15, -0.1) is 11.6 Å². The van der Waals surface area contributed by atoms with Gasteiger partial charge in [-0.1, -0.05) is 0 Å². The van der Waals surface area contributed by atoms with E-state index in [1.165, 1.54) is 13.0 Å². The van der Waals surface area contributed by atoms with Crippen LogP contribution in [0.2, 0.25) is 0 Å². The lowest BCUT2D eigenvalue weighted by Gasteiger charge is -2.09. The summed E-state index contributed by atoms with van der Waals surface area (Å²) in [7, 11) is 0. The van der Waals surface area contributed by atoms with Crippen LogP contribution < -0.4 is 0 Å². The zero-order valence-electron chi connectivity index (χ0n) is 7.43. The SMILES string of the molecule is Cc1nc(C=O)cc(CCl)c1C(F)F. The average molecular weight is 220 g/mol. The molecule has 0 saturated heterocycles. The van der Waals surface area contributed by atoms with Crippen molar-refractivity contribution in [2.75, 3.05) is 0 Å². The van der Waals surface area contributed by atoms with Crippen molar-refractivity contribution in [2.45, 2.75) is 19.2 Å².